The van der Waals surface area contributed by atoms with Crippen molar-refractivity contribution in [2.45, 2.75) is 26.1 Å². The Morgan fingerprint density at radius 1 is 1.44 bits per heavy atom. The van der Waals surface area contributed by atoms with Crippen LogP contribution < -0.4 is 5.32 Å². The van der Waals surface area contributed by atoms with Crippen molar-refractivity contribution in [2.75, 3.05) is 12.0 Å². The Kier molecular flexibility index (Phi) is 4.52. The van der Waals surface area contributed by atoms with Crippen molar-refractivity contribution in [3.63, 3.8) is 0 Å². The van der Waals surface area contributed by atoms with Crippen LogP contribution in [0.4, 0.5) is 0 Å². The fourth-order valence-corrected chi connectivity index (χ4v) is 2.42. The van der Waals surface area contributed by atoms with Crippen LogP contribution >= 0.6 is 0 Å². The van der Waals surface area contributed by atoms with Crippen LogP contribution in [0.3, 0.4) is 0 Å². The van der Waals surface area contributed by atoms with E-state index in [9.17, 15) is 8.42 Å². The normalized spacial score (nSPS) is 13.9. The van der Waals surface area contributed by atoms with Crippen molar-refractivity contribution in [3.8, 4) is 0 Å². The Hall–Kier alpha value is -0.850. The van der Waals surface area contributed by atoms with Crippen LogP contribution in [-0.4, -0.2) is 31.6 Å². The van der Waals surface area contributed by atoms with Crippen LogP contribution in [0, 0.1) is 0 Å². The van der Waals surface area contributed by atoms with Crippen LogP contribution in [0.2, 0.25) is 0 Å². The summed E-state index contributed by atoms with van der Waals surface area (Å²) in [7, 11) is -2.96. The third-order valence-corrected chi connectivity index (χ3v) is 3.16. The minimum absolute atomic E-state index is 0.0978. The molecule has 0 aliphatic carbocycles. The molecule has 0 radical (unpaired) electrons. The van der Waals surface area contributed by atoms with Gasteiger partial charge in [-0.15, -0.1) is 0 Å². The van der Waals surface area contributed by atoms with Crippen LogP contribution in [0.5, 0.6) is 0 Å². The molecule has 0 bridgehead atoms. The number of furan rings is 1. The molecule has 0 aliphatic heterocycles. The van der Waals surface area contributed by atoms with Gasteiger partial charge in [0.15, 0.2) is 0 Å². The van der Waals surface area contributed by atoms with Gasteiger partial charge < -0.3 is 14.8 Å². The summed E-state index contributed by atoms with van der Waals surface area (Å²) in [6.07, 6.45) is 1.21. The Bertz CT molecular complexity index is 424. The maximum absolute atomic E-state index is 11.0. The van der Waals surface area contributed by atoms with E-state index < -0.39 is 9.84 Å². The largest absolute Gasteiger partial charge is 0.462 e. The molecule has 0 spiro atoms. The Morgan fingerprint density at radius 2 is 2.06 bits per heavy atom. The van der Waals surface area contributed by atoms with E-state index in [0.717, 1.165) is 0 Å². The van der Waals surface area contributed by atoms with Gasteiger partial charge in [0.05, 0.1) is 12.3 Å². The number of aliphatic hydroxyl groups excluding tert-OH is 1. The minimum Gasteiger partial charge on any atom is -0.462 e. The molecule has 0 amide bonds. The summed E-state index contributed by atoms with van der Waals surface area (Å²) in [5.41, 5.74) is 0. The zero-order chi connectivity index (χ0) is 12.2. The van der Waals surface area contributed by atoms with E-state index in [1.54, 1.807) is 19.1 Å². The number of sulfone groups is 1. The predicted molar refractivity (Wildman–Crippen MR) is 60.6 cm³/mol. The van der Waals surface area contributed by atoms with Gasteiger partial charge in [0.25, 0.3) is 0 Å². The smallest absolute Gasteiger partial charge is 0.148 e. The van der Waals surface area contributed by atoms with Gasteiger partial charge in [-0.05, 0) is 19.1 Å². The molecule has 16 heavy (non-hydrogen) atoms. The number of aliphatic hydroxyl groups is 1. The van der Waals surface area contributed by atoms with E-state index in [0.29, 0.717) is 18.1 Å². The van der Waals surface area contributed by atoms with Crippen LogP contribution in [0.25, 0.3) is 0 Å². The van der Waals surface area contributed by atoms with E-state index in [2.05, 4.69) is 5.32 Å². The number of nitrogens with one attached hydrogen (secondary N) is 1. The average molecular weight is 247 g/mol. The van der Waals surface area contributed by atoms with Crippen molar-refractivity contribution in [1.82, 2.24) is 5.32 Å². The zero-order valence-corrected chi connectivity index (χ0v) is 10.3. The van der Waals surface area contributed by atoms with Gasteiger partial charge in [0.1, 0.15) is 28.0 Å². The third-order valence-electron chi connectivity index (χ3n) is 2.05. The molecule has 1 heterocycles. The van der Waals surface area contributed by atoms with Crippen molar-refractivity contribution < 1.29 is 17.9 Å². The summed E-state index contributed by atoms with van der Waals surface area (Å²) in [6, 6.07) is 3.32. The Labute approximate surface area is 95.4 Å². The third kappa shape index (κ3) is 4.78. The zero-order valence-electron chi connectivity index (χ0n) is 9.43. The Balaban J connectivity index is 2.39. The van der Waals surface area contributed by atoms with Gasteiger partial charge in [-0.25, -0.2) is 8.42 Å². The minimum atomic E-state index is -2.96. The molecule has 1 rings (SSSR count). The predicted octanol–water partition coefficient (Wildman–Crippen LogP) is 0.295. The molecule has 0 saturated carbocycles. The summed E-state index contributed by atoms with van der Waals surface area (Å²) in [6.45, 7) is 2.13. The van der Waals surface area contributed by atoms with Crippen LogP contribution in [0.15, 0.2) is 16.5 Å². The summed E-state index contributed by atoms with van der Waals surface area (Å²) in [5, 5.41) is 11.8. The second-order valence-electron chi connectivity index (χ2n) is 3.90. The molecule has 5 nitrogen and oxygen atoms in total. The lowest BCUT2D eigenvalue weighted by Gasteiger charge is -2.10. The SMILES string of the molecule is CC(CS(C)(=O)=O)NCc1ccc(CO)o1. The highest BCUT2D eigenvalue weighted by molar-refractivity contribution is 7.90. The average Bonchev–Trinajstić information content (AvgIpc) is 2.59. The second kappa shape index (κ2) is 5.47. The van der Waals surface area contributed by atoms with Gasteiger partial charge in [-0.1, -0.05) is 0 Å². The van der Waals surface area contributed by atoms with E-state index in [1.807, 2.05) is 0 Å². The lowest BCUT2D eigenvalue weighted by atomic mass is 10.3. The molecule has 0 aromatic carbocycles. The first kappa shape index (κ1) is 13.2. The summed E-state index contributed by atoms with van der Waals surface area (Å²) in [4.78, 5) is 0. The number of hydrogen-bond donors (Lipinski definition) is 2. The van der Waals surface area contributed by atoms with Crippen molar-refractivity contribution in [3.05, 3.63) is 23.7 Å². The van der Waals surface area contributed by atoms with Gasteiger partial charge in [-0.3, -0.25) is 0 Å². The first-order valence-corrected chi connectivity index (χ1v) is 7.06. The second-order valence-corrected chi connectivity index (χ2v) is 6.09. The number of rotatable bonds is 6. The molecule has 0 saturated heterocycles. The fourth-order valence-electron chi connectivity index (χ4n) is 1.39. The first-order valence-electron chi connectivity index (χ1n) is 5.00. The first-order chi connectivity index (χ1) is 7.40. The molecular formula is C10H17NO4S. The van der Waals surface area contributed by atoms with Crippen molar-refractivity contribution >= 4 is 9.84 Å². The molecule has 1 aromatic heterocycles. The van der Waals surface area contributed by atoms with Crippen LogP contribution in [0.1, 0.15) is 18.4 Å². The molecule has 6 heteroatoms. The standard InChI is InChI=1S/C10H17NO4S/c1-8(7-16(2,13)14)11-5-9-3-4-10(6-12)15-9/h3-4,8,11-12H,5-7H2,1-2H3. The molecule has 1 unspecified atom stereocenters. The maximum atomic E-state index is 11.0. The van der Waals surface area contributed by atoms with Gasteiger partial charge in [-0.2, -0.15) is 0 Å². The van der Waals surface area contributed by atoms with Gasteiger partial charge >= 0.3 is 0 Å². The molecule has 1 aromatic rings. The van der Waals surface area contributed by atoms with Crippen molar-refractivity contribution in [1.29, 1.82) is 0 Å². The molecule has 0 fully saturated rings. The molecule has 2 N–H and O–H groups in total. The summed E-state index contributed by atoms with van der Waals surface area (Å²) in [5.74, 6) is 1.29. The highest BCUT2D eigenvalue weighted by Gasteiger charge is 2.10. The van der Waals surface area contributed by atoms with E-state index in [1.165, 1.54) is 6.26 Å². The summed E-state index contributed by atoms with van der Waals surface area (Å²) >= 11 is 0. The van der Waals surface area contributed by atoms with E-state index >= 15 is 0 Å². The molecular weight excluding hydrogens is 230 g/mol. The molecule has 0 aliphatic rings. The Morgan fingerprint density at radius 3 is 2.56 bits per heavy atom. The van der Waals surface area contributed by atoms with Crippen LogP contribution in [-0.2, 0) is 23.0 Å². The van der Waals surface area contributed by atoms with Gasteiger partial charge in [0, 0.05) is 12.3 Å². The quantitative estimate of drug-likeness (QED) is 0.755. The highest BCUT2D eigenvalue weighted by Crippen LogP contribution is 2.07. The van der Waals surface area contributed by atoms with Gasteiger partial charge in [0.2, 0.25) is 0 Å². The molecule has 1 atom stereocenters. The van der Waals surface area contributed by atoms with E-state index in [-0.39, 0.29) is 18.4 Å². The lowest BCUT2D eigenvalue weighted by molar-refractivity contribution is 0.242. The molecule has 92 valence electrons. The van der Waals surface area contributed by atoms with E-state index in [4.69, 9.17) is 9.52 Å². The fraction of sp³-hybridized carbons (Fsp3) is 0.600. The number of hydrogen-bond acceptors (Lipinski definition) is 5. The highest BCUT2D eigenvalue weighted by atomic mass is 32.2. The topological polar surface area (TPSA) is 79.5 Å². The monoisotopic (exact) mass is 247 g/mol. The maximum Gasteiger partial charge on any atom is 0.148 e. The summed E-state index contributed by atoms with van der Waals surface area (Å²) < 4.78 is 27.3. The lowest BCUT2D eigenvalue weighted by Crippen LogP contribution is -2.32. The van der Waals surface area contributed by atoms with Crippen molar-refractivity contribution in [2.24, 2.45) is 0 Å².